The van der Waals surface area contributed by atoms with Gasteiger partial charge >= 0.3 is 6.03 Å². The fraction of sp³-hybridized carbons (Fsp3) is 0.600. The third-order valence-electron chi connectivity index (χ3n) is 5.59. The Morgan fingerprint density at radius 2 is 2.00 bits per heavy atom. The van der Waals surface area contributed by atoms with Gasteiger partial charge in [0.1, 0.15) is 5.82 Å². The number of piperidine rings is 1. The molecular formula is C20H28N6OS. The van der Waals surface area contributed by atoms with Crippen molar-refractivity contribution in [1.82, 2.24) is 29.5 Å². The smallest absolute Gasteiger partial charge is 0.320 e. The van der Waals surface area contributed by atoms with Crippen LogP contribution < -0.4 is 0 Å². The van der Waals surface area contributed by atoms with Crippen LogP contribution in [0.1, 0.15) is 49.9 Å². The molecule has 2 saturated heterocycles. The molecule has 0 radical (unpaired) electrons. The predicted molar refractivity (Wildman–Crippen MR) is 109 cm³/mol. The lowest BCUT2D eigenvalue weighted by Crippen LogP contribution is -2.46. The van der Waals surface area contributed by atoms with Gasteiger partial charge in [-0.1, -0.05) is 17.8 Å². The standard InChI is InChI=1S/C20H28N6OS/c1-2-26-18(22-23-19(26)28-15-16-7-5-9-21-13-16)17-8-6-12-25(14-17)20(27)24-10-3-4-11-24/h5,7,9,13,17H,2-4,6,8,10-12,14-15H2,1H3. The van der Waals surface area contributed by atoms with Crippen molar-refractivity contribution in [2.24, 2.45) is 0 Å². The number of rotatable bonds is 5. The number of aromatic nitrogens is 4. The van der Waals surface area contributed by atoms with E-state index in [9.17, 15) is 4.79 Å². The van der Waals surface area contributed by atoms with E-state index < -0.39 is 0 Å². The summed E-state index contributed by atoms with van der Waals surface area (Å²) in [4.78, 5) is 21.0. The van der Waals surface area contributed by atoms with E-state index in [4.69, 9.17) is 0 Å². The molecule has 8 heteroatoms. The SMILES string of the molecule is CCn1c(SCc2cccnc2)nnc1C1CCCN(C(=O)N2CCCC2)C1. The van der Waals surface area contributed by atoms with Crippen LogP contribution in [0.15, 0.2) is 29.7 Å². The molecule has 4 heterocycles. The molecule has 2 amide bonds. The van der Waals surface area contributed by atoms with Gasteiger partial charge in [-0.25, -0.2) is 4.79 Å². The monoisotopic (exact) mass is 400 g/mol. The van der Waals surface area contributed by atoms with Gasteiger partial charge in [0.25, 0.3) is 0 Å². The number of amides is 2. The second-order valence-electron chi connectivity index (χ2n) is 7.50. The molecule has 150 valence electrons. The molecule has 0 spiro atoms. The molecule has 0 aromatic carbocycles. The first-order valence-corrected chi connectivity index (χ1v) is 11.2. The van der Waals surface area contributed by atoms with Crippen LogP contribution >= 0.6 is 11.8 Å². The Bertz CT molecular complexity index is 789. The average Bonchev–Trinajstić information content (AvgIpc) is 3.42. The van der Waals surface area contributed by atoms with E-state index in [2.05, 4.69) is 32.7 Å². The van der Waals surface area contributed by atoms with Gasteiger partial charge in [-0.3, -0.25) is 4.98 Å². The zero-order valence-electron chi connectivity index (χ0n) is 16.5. The molecule has 1 atom stereocenters. The first kappa shape index (κ1) is 19.2. The van der Waals surface area contributed by atoms with E-state index in [1.807, 2.05) is 22.1 Å². The van der Waals surface area contributed by atoms with Gasteiger partial charge in [-0.2, -0.15) is 0 Å². The highest BCUT2D eigenvalue weighted by molar-refractivity contribution is 7.98. The zero-order valence-corrected chi connectivity index (χ0v) is 17.3. The Kier molecular flexibility index (Phi) is 6.14. The van der Waals surface area contributed by atoms with Crippen molar-refractivity contribution in [3.05, 3.63) is 35.9 Å². The average molecular weight is 401 g/mol. The highest BCUT2D eigenvalue weighted by Gasteiger charge is 2.31. The fourth-order valence-corrected chi connectivity index (χ4v) is 5.05. The summed E-state index contributed by atoms with van der Waals surface area (Å²) in [6.07, 6.45) is 8.03. The molecule has 0 N–H and O–H groups in total. The lowest BCUT2D eigenvalue weighted by atomic mass is 9.97. The maximum atomic E-state index is 12.8. The number of hydrogen-bond donors (Lipinski definition) is 0. The maximum absolute atomic E-state index is 12.8. The number of pyridine rings is 1. The number of carbonyl (C=O) groups is 1. The largest absolute Gasteiger partial charge is 0.325 e. The number of urea groups is 1. The van der Waals surface area contributed by atoms with Gasteiger partial charge in [0.15, 0.2) is 5.16 Å². The first-order chi connectivity index (χ1) is 13.8. The van der Waals surface area contributed by atoms with Gasteiger partial charge < -0.3 is 14.4 Å². The Morgan fingerprint density at radius 1 is 1.18 bits per heavy atom. The van der Waals surface area contributed by atoms with Crippen molar-refractivity contribution in [2.45, 2.75) is 56.0 Å². The Balaban J connectivity index is 1.44. The van der Waals surface area contributed by atoms with Gasteiger partial charge in [0.2, 0.25) is 0 Å². The van der Waals surface area contributed by atoms with Crippen molar-refractivity contribution >= 4 is 17.8 Å². The minimum absolute atomic E-state index is 0.205. The summed E-state index contributed by atoms with van der Waals surface area (Å²) in [7, 11) is 0. The van der Waals surface area contributed by atoms with Crippen LogP contribution in [0.25, 0.3) is 0 Å². The molecule has 28 heavy (non-hydrogen) atoms. The summed E-state index contributed by atoms with van der Waals surface area (Å²) in [5, 5.41) is 9.95. The number of thioether (sulfide) groups is 1. The molecule has 0 aliphatic carbocycles. The molecule has 4 rings (SSSR count). The van der Waals surface area contributed by atoms with Gasteiger partial charge in [0, 0.05) is 56.8 Å². The van der Waals surface area contributed by atoms with Crippen LogP contribution in [0.5, 0.6) is 0 Å². The van der Waals surface area contributed by atoms with Gasteiger partial charge in [-0.05, 0) is 44.2 Å². The summed E-state index contributed by atoms with van der Waals surface area (Å²) < 4.78 is 2.22. The van der Waals surface area contributed by atoms with Crippen molar-refractivity contribution in [2.75, 3.05) is 26.2 Å². The molecule has 1 unspecified atom stereocenters. The van der Waals surface area contributed by atoms with E-state index in [-0.39, 0.29) is 11.9 Å². The molecule has 2 aliphatic heterocycles. The third-order valence-corrected chi connectivity index (χ3v) is 6.62. The Morgan fingerprint density at radius 3 is 2.75 bits per heavy atom. The van der Waals surface area contributed by atoms with Crippen LogP contribution in [-0.2, 0) is 12.3 Å². The summed E-state index contributed by atoms with van der Waals surface area (Å²) in [6.45, 7) is 6.39. The number of likely N-dealkylation sites (tertiary alicyclic amines) is 2. The fourth-order valence-electron chi connectivity index (χ4n) is 4.11. The summed E-state index contributed by atoms with van der Waals surface area (Å²) in [6, 6.07) is 4.24. The first-order valence-electron chi connectivity index (χ1n) is 10.2. The van der Waals surface area contributed by atoms with E-state index in [1.165, 1.54) is 5.56 Å². The van der Waals surface area contributed by atoms with E-state index in [1.54, 1.807) is 18.0 Å². The molecule has 2 aliphatic rings. The zero-order chi connectivity index (χ0) is 19.3. The minimum Gasteiger partial charge on any atom is -0.325 e. The molecule has 0 saturated carbocycles. The lowest BCUT2D eigenvalue weighted by Gasteiger charge is -2.35. The van der Waals surface area contributed by atoms with Crippen molar-refractivity contribution < 1.29 is 4.79 Å². The molecule has 2 fully saturated rings. The van der Waals surface area contributed by atoms with Crippen LogP contribution in [0, 0.1) is 0 Å². The highest BCUT2D eigenvalue weighted by atomic mass is 32.2. The van der Waals surface area contributed by atoms with Crippen molar-refractivity contribution in [3.8, 4) is 0 Å². The summed E-state index contributed by atoms with van der Waals surface area (Å²) in [5.41, 5.74) is 1.18. The van der Waals surface area contributed by atoms with Crippen molar-refractivity contribution in [3.63, 3.8) is 0 Å². The lowest BCUT2D eigenvalue weighted by molar-refractivity contribution is 0.145. The summed E-state index contributed by atoms with van der Waals surface area (Å²) in [5.74, 6) is 2.12. The van der Waals surface area contributed by atoms with E-state index >= 15 is 0 Å². The Labute approximate surface area is 170 Å². The normalized spacial score (nSPS) is 20.0. The van der Waals surface area contributed by atoms with Crippen LogP contribution in [0.2, 0.25) is 0 Å². The predicted octanol–water partition coefficient (Wildman–Crippen LogP) is 3.38. The van der Waals surface area contributed by atoms with Crippen LogP contribution in [0.3, 0.4) is 0 Å². The molecule has 2 aromatic rings. The van der Waals surface area contributed by atoms with Gasteiger partial charge in [0.05, 0.1) is 0 Å². The second kappa shape index (κ2) is 8.94. The van der Waals surface area contributed by atoms with E-state index in [0.29, 0.717) is 0 Å². The Hall–Kier alpha value is -2.09. The maximum Gasteiger partial charge on any atom is 0.320 e. The molecule has 7 nitrogen and oxygen atoms in total. The van der Waals surface area contributed by atoms with E-state index in [0.717, 1.165) is 75.1 Å². The van der Waals surface area contributed by atoms with Crippen LogP contribution in [-0.4, -0.2) is 61.8 Å². The highest BCUT2D eigenvalue weighted by Crippen LogP contribution is 2.30. The summed E-state index contributed by atoms with van der Waals surface area (Å²) >= 11 is 1.70. The number of nitrogens with zero attached hydrogens (tertiary/aromatic N) is 6. The number of carbonyl (C=O) groups excluding carboxylic acids is 1. The topological polar surface area (TPSA) is 67.2 Å². The molecule has 0 bridgehead atoms. The van der Waals surface area contributed by atoms with Crippen molar-refractivity contribution in [1.29, 1.82) is 0 Å². The molecule has 2 aromatic heterocycles. The number of hydrogen-bond acceptors (Lipinski definition) is 5. The minimum atomic E-state index is 0.205. The second-order valence-corrected chi connectivity index (χ2v) is 8.44. The third kappa shape index (κ3) is 4.16. The molecular weight excluding hydrogens is 372 g/mol. The quantitative estimate of drug-likeness (QED) is 0.720. The van der Waals surface area contributed by atoms with Gasteiger partial charge in [-0.15, -0.1) is 10.2 Å². The van der Waals surface area contributed by atoms with Crippen LogP contribution in [0.4, 0.5) is 4.79 Å².